The zero-order valence-corrected chi connectivity index (χ0v) is 15.1. The maximum atomic E-state index is 12.1. The Balaban J connectivity index is 1.91. The van der Waals surface area contributed by atoms with E-state index in [0.717, 1.165) is 11.1 Å². The Kier molecular flexibility index (Phi) is 6.98. The summed E-state index contributed by atoms with van der Waals surface area (Å²) in [5.41, 5.74) is 3.15. The van der Waals surface area contributed by atoms with Crippen molar-refractivity contribution in [2.24, 2.45) is 0 Å². The predicted octanol–water partition coefficient (Wildman–Crippen LogP) is 3.73. The summed E-state index contributed by atoms with van der Waals surface area (Å²) in [6.45, 7) is 4.33. The minimum atomic E-state index is -0.158. The quantitative estimate of drug-likeness (QED) is 0.705. The molecule has 0 spiro atoms. The molecule has 0 atom stereocenters. The molecule has 2 aromatic carbocycles. The molecular formula is C19H22ClN3O2. The molecule has 5 nitrogen and oxygen atoms in total. The Bertz CT molecular complexity index is 762. The van der Waals surface area contributed by atoms with Crippen molar-refractivity contribution >= 4 is 34.8 Å². The third kappa shape index (κ3) is 5.59. The summed E-state index contributed by atoms with van der Waals surface area (Å²) >= 11 is 6.09. The van der Waals surface area contributed by atoms with Crippen LogP contribution in [-0.2, 0) is 16.1 Å². The smallest absolute Gasteiger partial charge is 0.238 e. The van der Waals surface area contributed by atoms with Crippen LogP contribution in [0.25, 0.3) is 0 Å². The van der Waals surface area contributed by atoms with Gasteiger partial charge in [-0.3, -0.25) is 9.59 Å². The molecular weight excluding hydrogens is 338 g/mol. The first-order chi connectivity index (χ1) is 12.0. The van der Waals surface area contributed by atoms with E-state index in [2.05, 4.69) is 16.0 Å². The normalized spacial score (nSPS) is 10.4. The van der Waals surface area contributed by atoms with Crippen LogP contribution in [0.4, 0.5) is 11.4 Å². The first-order valence-electron chi connectivity index (χ1n) is 8.14. The zero-order chi connectivity index (χ0) is 18.2. The molecule has 25 heavy (non-hydrogen) atoms. The van der Waals surface area contributed by atoms with Gasteiger partial charge in [-0.05, 0) is 36.2 Å². The van der Waals surface area contributed by atoms with Crippen molar-refractivity contribution in [3.63, 3.8) is 0 Å². The van der Waals surface area contributed by atoms with Gasteiger partial charge in [-0.2, -0.15) is 0 Å². The first kappa shape index (κ1) is 19.0. The molecule has 0 aliphatic rings. The van der Waals surface area contributed by atoms with Crippen LogP contribution in [-0.4, -0.2) is 18.4 Å². The zero-order valence-electron chi connectivity index (χ0n) is 14.4. The van der Waals surface area contributed by atoms with E-state index in [0.29, 0.717) is 29.4 Å². The number of carbonyl (C=O) groups excluding carboxylic acids is 2. The fourth-order valence-corrected chi connectivity index (χ4v) is 2.49. The highest BCUT2D eigenvalue weighted by molar-refractivity contribution is 6.31. The van der Waals surface area contributed by atoms with Crippen LogP contribution in [0, 0.1) is 6.92 Å². The van der Waals surface area contributed by atoms with Crippen LogP contribution in [0.3, 0.4) is 0 Å². The molecule has 132 valence electrons. The number of rotatable bonds is 7. The summed E-state index contributed by atoms with van der Waals surface area (Å²) in [4.78, 5) is 23.7. The molecule has 2 amide bonds. The molecule has 6 heteroatoms. The summed E-state index contributed by atoms with van der Waals surface area (Å²) < 4.78 is 0. The standard InChI is InChI=1S/C19H22ClN3O2/c1-3-18(24)22-16-9-6-10-17(13(16)2)23-19(25)12-21-11-14-7-4-5-8-15(14)20/h4-10,21H,3,11-12H2,1-2H3,(H,22,24)(H,23,25). The van der Waals surface area contributed by atoms with Gasteiger partial charge in [-0.1, -0.05) is 42.8 Å². The van der Waals surface area contributed by atoms with Crippen LogP contribution in [0.5, 0.6) is 0 Å². The molecule has 0 radical (unpaired) electrons. The summed E-state index contributed by atoms with van der Waals surface area (Å²) in [6, 6.07) is 12.9. The lowest BCUT2D eigenvalue weighted by Gasteiger charge is -2.13. The van der Waals surface area contributed by atoms with E-state index in [9.17, 15) is 9.59 Å². The molecule has 3 N–H and O–H groups in total. The lowest BCUT2D eigenvalue weighted by Crippen LogP contribution is -2.28. The number of hydrogen-bond donors (Lipinski definition) is 3. The second-order valence-electron chi connectivity index (χ2n) is 5.62. The van der Waals surface area contributed by atoms with Crippen molar-refractivity contribution in [3.8, 4) is 0 Å². The third-order valence-electron chi connectivity index (χ3n) is 3.76. The summed E-state index contributed by atoms with van der Waals surface area (Å²) in [6.07, 6.45) is 0.405. The van der Waals surface area contributed by atoms with Gasteiger partial charge >= 0.3 is 0 Å². The molecule has 0 fully saturated rings. The average molecular weight is 360 g/mol. The van der Waals surface area contributed by atoms with Crippen LogP contribution < -0.4 is 16.0 Å². The van der Waals surface area contributed by atoms with Crippen molar-refractivity contribution in [2.45, 2.75) is 26.8 Å². The minimum absolute atomic E-state index is 0.0621. The highest BCUT2D eigenvalue weighted by Crippen LogP contribution is 2.23. The van der Waals surface area contributed by atoms with Gasteiger partial charge in [0.1, 0.15) is 0 Å². The van der Waals surface area contributed by atoms with Gasteiger partial charge in [-0.25, -0.2) is 0 Å². The van der Waals surface area contributed by atoms with Crippen LogP contribution >= 0.6 is 11.6 Å². The summed E-state index contributed by atoms with van der Waals surface area (Å²) in [5.74, 6) is -0.220. The fourth-order valence-electron chi connectivity index (χ4n) is 2.29. The van der Waals surface area contributed by atoms with Gasteiger partial charge in [0, 0.05) is 29.4 Å². The molecule has 0 unspecified atom stereocenters. The Morgan fingerprint density at radius 2 is 1.60 bits per heavy atom. The highest BCUT2D eigenvalue weighted by Gasteiger charge is 2.09. The molecule has 2 aromatic rings. The van der Waals surface area contributed by atoms with Crippen molar-refractivity contribution < 1.29 is 9.59 Å². The largest absolute Gasteiger partial charge is 0.326 e. The molecule has 0 aliphatic heterocycles. The maximum absolute atomic E-state index is 12.1. The molecule has 0 aliphatic carbocycles. The second-order valence-corrected chi connectivity index (χ2v) is 6.03. The molecule has 0 bridgehead atoms. The molecule has 0 saturated heterocycles. The van der Waals surface area contributed by atoms with Crippen molar-refractivity contribution in [1.29, 1.82) is 0 Å². The second kappa shape index (κ2) is 9.20. The van der Waals surface area contributed by atoms with Gasteiger partial charge in [-0.15, -0.1) is 0 Å². The van der Waals surface area contributed by atoms with Gasteiger partial charge in [0.15, 0.2) is 0 Å². The van der Waals surface area contributed by atoms with Gasteiger partial charge in [0.05, 0.1) is 6.54 Å². The van der Waals surface area contributed by atoms with Gasteiger partial charge < -0.3 is 16.0 Å². The van der Waals surface area contributed by atoms with E-state index in [1.807, 2.05) is 43.3 Å². The van der Waals surface area contributed by atoms with Crippen LogP contribution in [0.2, 0.25) is 5.02 Å². The van der Waals surface area contributed by atoms with E-state index in [1.165, 1.54) is 0 Å². The summed E-state index contributed by atoms with van der Waals surface area (Å²) in [7, 11) is 0. The maximum Gasteiger partial charge on any atom is 0.238 e. The van der Waals surface area contributed by atoms with Gasteiger partial charge in [0.2, 0.25) is 11.8 Å². The van der Waals surface area contributed by atoms with E-state index < -0.39 is 0 Å². The van der Waals surface area contributed by atoms with Crippen molar-refractivity contribution in [2.75, 3.05) is 17.2 Å². The minimum Gasteiger partial charge on any atom is -0.326 e. The lowest BCUT2D eigenvalue weighted by molar-refractivity contribution is -0.116. The third-order valence-corrected chi connectivity index (χ3v) is 4.13. The number of benzene rings is 2. The Labute approximate surface area is 152 Å². The SMILES string of the molecule is CCC(=O)Nc1cccc(NC(=O)CNCc2ccccc2Cl)c1C. The number of halogens is 1. The Hall–Kier alpha value is -2.37. The lowest BCUT2D eigenvalue weighted by atomic mass is 10.1. The predicted molar refractivity (Wildman–Crippen MR) is 102 cm³/mol. The van der Waals surface area contributed by atoms with E-state index in [-0.39, 0.29) is 18.4 Å². The average Bonchev–Trinajstić information content (AvgIpc) is 2.60. The Morgan fingerprint density at radius 1 is 0.960 bits per heavy atom. The van der Waals surface area contributed by atoms with Crippen LogP contribution in [0.15, 0.2) is 42.5 Å². The van der Waals surface area contributed by atoms with Crippen molar-refractivity contribution in [3.05, 3.63) is 58.6 Å². The molecule has 2 rings (SSSR count). The number of nitrogens with one attached hydrogen (secondary N) is 3. The summed E-state index contributed by atoms with van der Waals surface area (Å²) in [5, 5.41) is 9.42. The topological polar surface area (TPSA) is 70.2 Å². The number of anilines is 2. The van der Waals surface area contributed by atoms with E-state index in [1.54, 1.807) is 13.0 Å². The van der Waals surface area contributed by atoms with E-state index in [4.69, 9.17) is 11.6 Å². The highest BCUT2D eigenvalue weighted by atomic mass is 35.5. The molecule has 0 heterocycles. The number of hydrogen-bond acceptors (Lipinski definition) is 3. The molecule has 0 aromatic heterocycles. The van der Waals surface area contributed by atoms with Crippen LogP contribution in [0.1, 0.15) is 24.5 Å². The van der Waals surface area contributed by atoms with Crippen molar-refractivity contribution in [1.82, 2.24) is 5.32 Å². The number of carbonyl (C=O) groups is 2. The Morgan fingerprint density at radius 3 is 2.24 bits per heavy atom. The first-order valence-corrected chi connectivity index (χ1v) is 8.52. The molecule has 0 saturated carbocycles. The monoisotopic (exact) mass is 359 g/mol. The van der Waals surface area contributed by atoms with E-state index >= 15 is 0 Å². The fraction of sp³-hybridized carbons (Fsp3) is 0.263. The van der Waals surface area contributed by atoms with Gasteiger partial charge in [0.25, 0.3) is 0 Å². The number of amides is 2.